The van der Waals surface area contributed by atoms with E-state index in [1.165, 1.54) is 30.5 Å². The highest BCUT2D eigenvalue weighted by atomic mass is 32.2. The zero-order valence-corrected chi connectivity index (χ0v) is 20.2. The average Bonchev–Trinajstić information content (AvgIpc) is 3.49. The lowest BCUT2D eigenvalue weighted by molar-refractivity contribution is -0.252. The molecule has 3 aromatic rings. The van der Waals surface area contributed by atoms with Crippen molar-refractivity contribution < 1.29 is 26.7 Å². The first-order chi connectivity index (χ1) is 17.4. The number of aromatic nitrogens is 3. The van der Waals surface area contributed by atoms with Crippen LogP contribution >= 0.6 is 0 Å². The summed E-state index contributed by atoms with van der Waals surface area (Å²) in [7, 11) is -4.28. The predicted molar refractivity (Wildman–Crippen MR) is 126 cm³/mol. The van der Waals surface area contributed by atoms with Gasteiger partial charge in [-0.15, -0.1) is 0 Å². The van der Waals surface area contributed by atoms with Crippen LogP contribution < -0.4 is 10.9 Å². The van der Waals surface area contributed by atoms with Crippen LogP contribution in [0.4, 0.5) is 24.7 Å². The Bertz CT molecular complexity index is 1540. The summed E-state index contributed by atoms with van der Waals surface area (Å²) in [6.07, 6.45) is -2.02. The number of pyridine rings is 1. The quantitative estimate of drug-likeness (QED) is 0.421. The summed E-state index contributed by atoms with van der Waals surface area (Å²) in [6.45, 7) is -1.54. The number of aliphatic hydroxyl groups is 1. The number of alkyl halides is 3. The Morgan fingerprint density at radius 1 is 1.27 bits per heavy atom. The third-order valence-corrected chi connectivity index (χ3v) is 8.77. The molecule has 1 aliphatic carbocycles. The van der Waals surface area contributed by atoms with Crippen LogP contribution in [-0.4, -0.2) is 57.5 Å². The van der Waals surface area contributed by atoms with Crippen molar-refractivity contribution >= 4 is 32.4 Å². The third kappa shape index (κ3) is 4.47. The zero-order valence-electron chi connectivity index (χ0n) is 19.4. The van der Waals surface area contributed by atoms with Crippen LogP contribution in [0.3, 0.4) is 0 Å². The number of hydrogen-bond acceptors (Lipinski definition) is 7. The summed E-state index contributed by atoms with van der Waals surface area (Å²) in [5, 5.41) is 27.0. The largest absolute Gasteiger partial charge is 0.418 e. The molecular weight excluding hydrogens is 513 g/mol. The van der Waals surface area contributed by atoms with Gasteiger partial charge in [0.25, 0.3) is 5.56 Å². The van der Waals surface area contributed by atoms with Crippen LogP contribution in [0.25, 0.3) is 10.9 Å². The monoisotopic (exact) mass is 536 g/mol. The first kappa shape index (κ1) is 25.2. The van der Waals surface area contributed by atoms with Crippen molar-refractivity contribution in [2.45, 2.75) is 48.4 Å². The number of benzene rings is 1. The SMILES string of the molecule is N#CCC(C1CC1)n1nc(Nc2ccc(S(=O)(=O)N3CCC(O)(C(F)(F)F)C3)cc2)c2c(=O)[nH]ccc21. The number of H-pyrrole nitrogens is 1. The molecule has 37 heavy (non-hydrogen) atoms. The van der Waals surface area contributed by atoms with Crippen LogP contribution in [0.5, 0.6) is 0 Å². The van der Waals surface area contributed by atoms with Gasteiger partial charge in [-0.25, -0.2) is 8.42 Å². The molecule has 3 N–H and O–H groups in total. The van der Waals surface area contributed by atoms with E-state index in [-0.39, 0.29) is 34.1 Å². The zero-order chi connectivity index (χ0) is 26.6. The van der Waals surface area contributed by atoms with Gasteiger partial charge in [0.1, 0.15) is 5.39 Å². The Morgan fingerprint density at radius 3 is 2.57 bits per heavy atom. The van der Waals surface area contributed by atoms with Crippen LogP contribution in [0.1, 0.15) is 31.7 Å². The number of halogens is 3. The maximum absolute atomic E-state index is 13.1. The first-order valence-corrected chi connectivity index (χ1v) is 13.0. The van der Waals surface area contributed by atoms with Crippen molar-refractivity contribution in [2.24, 2.45) is 5.92 Å². The van der Waals surface area contributed by atoms with Gasteiger partial charge in [0, 0.05) is 24.8 Å². The fourth-order valence-corrected chi connectivity index (χ4v) is 6.15. The summed E-state index contributed by atoms with van der Waals surface area (Å²) < 4.78 is 67.4. The molecular formula is C23H23F3N6O4S. The molecule has 1 aromatic carbocycles. The lowest BCUT2D eigenvalue weighted by Crippen LogP contribution is -2.48. The fraction of sp³-hybridized carbons (Fsp3) is 0.435. The molecule has 0 bridgehead atoms. The molecule has 1 aliphatic heterocycles. The molecule has 14 heteroatoms. The number of hydrogen-bond donors (Lipinski definition) is 3. The van der Waals surface area contributed by atoms with Gasteiger partial charge in [-0.1, -0.05) is 0 Å². The smallest absolute Gasteiger partial charge is 0.379 e. The Balaban J connectivity index is 1.42. The number of β-amino-alcohol motifs (C(OH)–C–C–N with tert-alkyl or cyclic N) is 1. The highest BCUT2D eigenvalue weighted by molar-refractivity contribution is 7.89. The molecule has 0 amide bonds. The van der Waals surface area contributed by atoms with Crippen molar-refractivity contribution in [3.05, 3.63) is 46.9 Å². The minimum absolute atomic E-state index is 0.187. The molecule has 2 aromatic heterocycles. The standard InChI is InChI=1S/C23H23F3N6O4S/c24-23(25,26)22(34)9-12-31(13-22)37(35,36)16-5-3-15(4-6-16)29-20-19-18(8-11-28-21(19)33)32(30-20)17(7-10-27)14-1-2-14/h3-6,8,11,14,17,34H,1-2,7,9,12-13H2,(H,28,33)(H,29,30). The summed E-state index contributed by atoms with van der Waals surface area (Å²) in [6, 6.07) is 8.98. The Morgan fingerprint density at radius 2 is 1.97 bits per heavy atom. The van der Waals surface area contributed by atoms with E-state index in [9.17, 15) is 36.8 Å². The van der Waals surface area contributed by atoms with Gasteiger partial charge < -0.3 is 15.4 Å². The maximum atomic E-state index is 13.1. The second-order valence-corrected chi connectivity index (χ2v) is 11.3. The molecule has 0 radical (unpaired) electrons. The highest BCUT2D eigenvalue weighted by Crippen LogP contribution is 2.43. The number of sulfonamides is 1. The molecule has 1 saturated heterocycles. The van der Waals surface area contributed by atoms with E-state index in [4.69, 9.17) is 0 Å². The second kappa shape index (κ2) is 8.86. The normalized spacial score (nSPS) is 21.7. The molecule has 2 atom stereocenters. The molecule has 196 valence electrons. The van der Waals surface area contributed by atoms with Crippen molar-refractivity contribution in [3.63, 3.8) is 0 Å². The van der Waals surface area contributed by atoms with Crippen LogP contribution in [-0.2, 0) is 10.0 Å². The van der Waals surface area contributed by atoms with Crippen molar-refractivity contribution in [1.82, 2.24) is 19.1 Å². The molecule has 5 rings (SSSR count). The van der Waals surface area contributed by atoms with Crippen molar-refractivity contribution in [1.29, 1.82) is 5.26 Å². The van der Waals surface area contributed by atoms with E-state index < -0.39 is 41.3 Å². The van der Waals surface area contributed by atoms with E-state index in [1.807, 2.05) is 0 Å². The average molecular weight is 537 g/mol. The van der Waals surface area contributed by atoms with Gasteiger partial charge in [0.15, 0.2) is 11.4 Å². The molecule has 2 unspecified atom stereocenters. The molecule has 2 fully saturated rings. The molecule has 0 spiro atoms. The van der Waals surface area contributed by atoms with E-state index in [0.29, 0.717) is 21.4 Å². The highest BCUT2D eigenvalue weighted by Gasteiger charge is 2.58. The van der Waals surface area contributed by atoms with Gasteiger partial charge in [-0.3, -0.25) is 9.48 Å². The van der Waals surface area contributed by atoms with Gasteiger partial charge in [0.05, 0.1) is 35.5 Å². The summed E-state index contributed by atoms with van der Waals surface area (Å²) in [5.41, 5.74) is -2.52. The van der Waals surface area contributed by atoms with Crippen molar-refractivity contribution in [2.75, 3.05) is 18.4 Å². The van der Waals surface area contributed by atoms with Gasteiger partial charge in [-0.05, 0) is 49.1 Å². The summed E-state index contributed by atoms with van der Waals surface area (Å²) >= 11 is 0. The topological polar surface area (TPSA) is 144 Å². The second-order valence-electron chi connectivity index (χ2n) is 9.39. The number of nitrogens with one attached hydrogen (secondary N) is 2. The Hall–Kier alpha value is -3.41. The summed E-state index contributed by atoms with van der Waals surface area (Å²) in [4.78, 5) is 15.0. The van der Waals surface area contributed by atoms with Crippen LogP contribution in [0.2, 0.25) is 0 Å². The Labute approximate surface area is 209 Å². The summed E-state index contributed by atoms with van der Waals surface area (Å²) in [5.74, 6) is 0.519. The third-order valence-electron chi connectivity index (χ3n) is 6.91. The molecule has 1 saturated carbocycles. The van der Waals surface area contributed by atoms with Crippen LogP contribution in [0.15, 0.2) is 46.2 Å². The number of nitrogens with zero attached hydrogens (tertiary/aromatic N) is 4. The molecule has 3 heterocycles. The number of fused-ring (bicyclic) bond motifs is 1. The molecule has 2 aliphatic rings. The minimum Gasteiger partial charge on any atom is -0.379 e. The Kier molecular flexibility index (Phi) is 6.05. The van der Waals surface area contributed by atoms with Crippen LogP contribution in [0, 0.1) is 17.2 Å². The lowest BCUT2D eigenvalue weighted by atomic mass is 10.0. The van der Waals surface area contributed by atoms with Gasteiger partial charge >= 0.3 is 6.18 Å². The predicted octanol–water partition coefficient (Wildman–Crippen LogP) is 3.02. The fourth-order valence-electron chi connectivity index (χ4n) is 4.66. The van der Waals surface area contributed by atoms with E-state index in [0.717, 1.165) is 12.8 Å². The first-order valence-electron chi connectivity index (χ1n) is 11.6. The number of aromatic amines is 1. The maximum Gasteiger partial charge on any atom is 0.418 e. The van der Waals surface area contributed by atoms with Gasteiger partial charge in [0.2, 0.25) is 10.0 Å². The number of anilines is 2. The van der Waals surface area contributed by atoms with E-state index in [2.05, 4.69) is 21.5 Å². The lowest BCUT2D eigenvalue weighted by Gasteiger charge is -2.25. The minimum atomic E-state index is -4.94. The number of nitriles is 1. The van der Waals surface area contributed by atoms with E-state index >= 15 is 0 Å². The molecule has 10 nitrogen and oxygen atoms in total. The van der Waals surface area contributed by atoms with Gasteiger partial charge in [-0.2, -0.15) is 27.8 Å². The number of rotatable bonds is 7. The van der Waals surface area contributed by atoms with Crippen molar-refractivity contribution in [3.8, 4) is 6.07 Å². The van der Waals surface area contributed by atoms with E-state index in [1.54, 1.807) is 10.7 Å².